The number of carboxylic acid groups (broad SMARTS) is 1. The maximum absolute atomic E-state index is 14.8. The van der Waals surface area contributed by atoms with E-state index in [9.17, 15) is 14.3 Å². The van der Waals surface area contributed by atoms with Crippen LogP contribution in [-0.2, 0) is 4.79 Å². The molecule has 0 radical (unpaired) electrons. The van der Waals surface area contributed by atoms with E-state index in [2.05, 4.69) is 33.1 Å². The third-order valence-electron chi connectivity index (χ3n) is 4.89. The first-order valence-corrected chi connectivity index (χ1v) is 11.7. The van der Waals surface area contributed by atoms with E-state index in [4.69, 9.17) is 4.99 Å². The van der Waals surface area contributed by atoms with Crippen molar-refractivity contribution in [3.8, 4) is 5.69 Å². The normalized spacial score (nSPS) is 15.1. The predicted octanol–water partition coefficient (Wildman–Crippen LogP) is 5.43. The fraction of sp³-hybridized carbons (Fsp3) is 0.273. The zero-order valence-corrected chi connectivity index (χ0v) is 19.2. The van der Waals surface area contributed by atoms with Crippen LogP contribution < -0.4 is 0 Å². The number of carbonyl (C=O) groups is 1. The molecule has 0 amide bonds. The minimum atomic E-state index is -0.918. The number of thioether (sulfide) groups is 1. The molecule has 1 N–H and O–H groups in total. The van der Waals surface area contributed by atoms with Gasteiger partial charge in [-0.2, -0.15) is 0 Å². The second kappa shape index (κ2) is 9.32. The second-order valence-electron chi connectivity index (χ2n) is 7.09. The summed E-state index contributed by atoms with van der Waals surface area (Å²) < 4.78 is 17.6. The zero-order valence-electron chi connectivity index (χ0n) is 16.8. The molecule has 6 nitrogen and oxygen atoms in total. The molecule has 0 saturated heterocycles. The van der Waals surface area contributed by atoms with Gasteiger partial charge in [-0.1, -0.05) is 46.7 Å². The van der Waals surface area contributed by atoms with Crippen LogP contribution >= 0.6 is 27.7 Å². The predicted molar refractivity (Wildman–Crippen MR) is 122 cm³/mol. The Morgan fingerprint density at radius 2 is 2.03 bits per heavy atom. The van der Waals surface area contributed by atoms with Crippen molar-refractivity contribution in [1.82, 2.24) is 14.8 Å². The molecule has 0 bridgehead atoms. The Balaban J connectivity index is 1.97. The van der Waals surface area contributed by atoms with Crippen molar-refractivity contribution in [1.29, 1.82) is 0 Å². The first-order valence-electron chi connectivity index (χ1n) is 9.92. The van der Waals surface area contributed by atoms with Crippen molar-refractivity contribution >= 4 is 39.4 Å². The van der Waals surface area contributed by atoms with Crippen molar-refractivity contribution in [3.63, 3.8) is 0 Å². The topological polar surface area (TPSA) is 80.4 Å². The van der Waals surface area contributed by atoms with Gasteiger partial charge in [0, 0.05) is 27.8 Å². The number of aliphatic imine (C=N–C) groups is 1. The summed E-state index contributed by atoms with van der Waals surface area (Å²) in [5, 5.41) is 18.7. The average Bonchev–Trinajstić information content (AvgIpc) is 3.11. The van der Waals surface area contributed by atoms with Crippen LogP contribution in [0.4, 0.5) is 4.39 Å². The molecule has 3 aromatic rings. The maximum Gasteiger partial charge on any atom is 0.303 e. The van der Waals surface area contributed by atoms with Crippen molar-refractivity contribution in [2.24, 2.45) is 4.99 Å². The molecule has 0 aliphatic carbocycles. The van der Waals surface area contributed by atoms with Crippen LogP contribution in [0.2, 0.25) is 0 Å². The number of aromatic nitrogens is 3. The van der Waals surface area contributed by atoms with Gasteiger partial charge in [-0.3, -0.25) is 14.4 Å². The molecule has 31 heavy (non-hydrogen) atoms. The van der Waals surface area contributed by atoms with Crippen molar-refractivity contribution in [2.75, 3.05) is 5.75 Å². The number of nitrogens with zero attached hydrogens (tertiary/aromatic N) is 4. The van der Waals surface area contributed by atoms with Crippen LogP contribution in [0.5, 0.6) is 0 Å². The monoisotopic (exact) mass is 502 g/mol. The molecular formula is C22H20BrFN4O2S. The summed E-state index contributed by atoms with van der Waals surface area (Å²) in [5.74, 6) is 0.126. The molecule has 0 spiro atoms. The smallest absolute Gasteiger partial charge is 0.303 e. The Kier molecular flexibility index (Phi) is 6.52. The Morgan fingerprint density at radius 1 is 1.23 bits per heavy atom. The SMILES string of the molecule is CCCSc1nnc2n1-c1ccc(Br)cc1C(c1ccccc1F)=N[C@H]2CCC(=O)O. The highest BCUT2D eigenvalue weighted by atomic mass is 79.9. The van der Waals surface area contributed by atoms with E-state index in [0.29, 0.717) is 22.3 Å². The zero-order chi connectivity index (χ0) is 22.0. The lowest BCUT2D eigenvalue weighted by molar-refractivity contribution is -0.137. The van der Waals surface area contributed by atoms with Crippen LogP contribution in [0, 0.1) is 5.82 Å². The fourth-order valence-corrected chi connectivity index (χ4v) is 4.68. The molecule has 160 valence electrons. The van der Waals surface area contributed by atoms with Gasteiger partial charge in [0.05, 0.1) is 11.4 Å². The first kappa shape index (κ1) is 21.7. The number of aliphatic carboxylic acids is 1. The first-order chi connectivity index (χ1) is 15.0. The standard InChI is InChI=1S/C22H20BrFN4O2S/c1-2-11-31-22-27-26-21-17(8-10-19(29)30)25-20(14-5-3-4-6-16(14)24)15-12-13(23)7-9-18(15)28(21)22/h3-7,9,12,17H,2,8,10-11H2,1H3,(H,29,30)/t17-/m0/s1. The number of carboxylic acids is 1. The molecule has 0 saturated carbocycles. The van der Waals surface area contributed by atoms with Gasteiger partial charge in [-0.15, -0.1) is 10.2 Å². The molecule has 0 unspecified atom stereocenters. The molecule has 2 aromatic carbocycles. The van der Waals surface area contributed by atoms with Crippen LogP contribution in [0.15, 0.2) is 57.1 Å². The summed E-state index contributed by atoms with van der Waals surface area (Å²) in [5.41, 5.74) is 2.36. The number of hydrogen-bond acceptors (Lipinski definition) is 5. The minimum absolute atomic E-state index is 0.0803. The van der Waals surface area contributed by atoms with Gasteiger partial charge in [0.1, 0.15) is 11.9 Å². The van der Waals surface area contributed by atoms with Crippen LogP contribution in [0.3, 0.4) is 0 Å². The number of halogens is 2. The molecule has 1 aromatic heterocycles. The maximum atomic E-state index is 14.8. The number of hydrogen-bond donors (Lipinski definition) is 1. The molecule has 1 aliphatic rings. The third kappa shape index (κ3) is 4.43. The van der Waals surface area contributed by atoms with Crippen molar-refractivity contribution in [2.45, 2.75) is 37.4 Å². The van der Waals surface area contributed by atoms with E-state index in [0.717, 1.165) is 27.9 Å². The Morgan fingerprint density at radius 3 is 2.77 bits per heavy atom. The van der Waals surface area contributed by atoms with Gasteiger partial charge in [0.25, 0.3) is 0 Å². The van der Waals surface area contributed by atoms with Gasteiger partial charge in [-0.25, -0.2) is 4.39 Å². The minimum Gasteiger partial charge on any atom is -0.481 e. The second-order valence-corrected chi connectivity index (χ2v) is 9.07. The molecule has 2 heterocycles. The lowest BCUT2D eigenvalue weighted by atomic mass is 10.00. The summed E-state index contributed by atoms with van der Waals surface area (Å²) in [6.45, 7) is 2.09. The lowest BCUT2D eigenvalue weighted by Crippen LogP contribution is -2.10. The number of rotatable bonds is 7. The van der Waals surface area contributed by atoms with Crippen LogP contribution in [0.1, 0.15) is 49.2 Å². The number of benzene rings is 2. The Bertz CT molecular complexity index is 1160. The van der Waals surface area contributed by atoms with Crippen LogP contribution in [0.25, 0.3) is 5.69 Å². The fourth-order valence-electron chi connectivity index (χ4n) is 3.51. The summed E-state index contributed by atoms with van der Waals surface area (Å²) in [6.07, 6.45) is 1.13. The molecule has 4 rings (SSSR count). The van der Waals surface area contributed by atoms with E-state index in [1.165, 1.54) is 6.07 Å². The molecule has 9 heteroatoms. The summed E-state index contributed by atoms with van der Waals surface area (Å²) in [6, 6.07) is 11.7. The Labute approximate surface area is 191 Å². The van der Waals surface area contributed by atoms with Gasteiger partial charge in [-0.05, 0) is 43.2 Å². The van der Waals surface area contributed by atoms with Gasteiger partial charge in [0.2, 0.25) is 0 Å². The van der Waals surface area contributed by atoms with E-state index in [1.54, 1.807) is 30.0 Å². The van der Waals surface area contributed by atoms with E-state index in [1.807, 2.05) is 22.8 Å². The molecule has 1 aliphatic heterocycles. The summed E-state index contributed by atoms with van der Waals surface area (Å²) in [7, 11) is 0. The van der Waals surface area contributed by atoms with E-state index >= 15 is 0 Å². The molecule has 0 fully saturated rings. The Hall–Kier alpha value is -2.52. The van der Waals surface area contributed by atoms with Gasteiger partial charge >= 0.3 is 5.97 Å². The van der Waals surface area contributed by atoms with Crippen molar-refractivity contribution < 1.29 is 14.3 Å². The molecular weight excluding hydrogens is 483 g/mol. The van der Waals surface area contributed by atoms with Gasteiger partial charge < -0.3 is 5.11 Å². The van der Waals surface area contributed by atoms with Crippen LogP contribution in [-0.4, -0.2) is 37.3 Å². The summed E-state index contributed by atoms with van der Waals surface area (Å²) in [4.78, 5) is 16.1. The quantitative estimate of drug-likeness (QED) is 0.435. The highest BCUT2D eigenvalue weighted by Crippen LogP contribution is 2.36. The highest BCUT2D eigenvalue weighted by Gasteiger charge is 2.30. The van der Waals surface area contributed by atoms with Crippen molar-refractivity contribution in [3.05, 3.63) is 69.7 Å². The summed E-state index contributed by atoms with van der Waals surface area (Å²) >= 11 is 5.10. The third-order valence-corrected chi connectivity index (χ3v) is 6.52. The van der Waals surface area contributed by atoms with E-state index < -0.39 is 12.0 Å². The van der Waals surface area contributed by atoms with E-state index in [-0.39, 0.29) is 18.7 Å². The number of fused-ring (bicyclic) bond motifs is 3. The lowest BCUT2D eigenvalue weighted by Gasteiger charge is -2.14. The molecule has 1 atom stereocenters. The largest absolute Gasteiger partial charge is 0.481 e. The average molecular weight is 503 g/mol. The highest BCUT2D eigenvalue weighted by molar-refractivity contribution is 9.10. The van der Waals surface area contributed by atoms with Gasteiger partial charge in [0.15, 0.2) is 11.0 Å².